The largest absolute Gasteiger partial charge is 0.437 e. The second-order valence-corrected chi connectivity index (χ2v) is 5.32. The number of carbonyl (C=O) groups is 1. The fraction of sp³-hybridized carbons (Fsp3) is 0.667. The Morgan fingerprint density at radius 1 is 1.41 bits per heavy atom. The molecule has 2 heterocycles. The van der Waals surface area contributed by atoms with Crippen molar-refractivity contribution in [2.75, 3.05) is 26.2 Å². The van der Waals surface area contributed by atoms with Crippen molar-refractivity contribution >= 4 is 5.91 Å². The van der Waals surface area contributed by atoms with Gasteiger partial charge in [-0.2, -0.15) is 0 Å². The van der Waals surface area contributed by atoms with Crippen molar-refractivity contribution in [3.05, 3.63) is 17.8 Å². The van der Waals surface area contributed by atoms with Crippen molar-refractivity contribution < 1.29 is 9.21 Å². The number of rotatable bonds is 1. The molecule has 1 amide bonds. The third-order valence-corrected chi connectivity index (χ3v) is 2.83. The van der Waals surface area contributed by atoms with Crippen molar-refractivity contribution in [2.45, 2.75) is 26.2 Å². The third kappa shape index (κ3) is 2.66. The molecule has 1 aliphatic rings. The monoisotopic (exact) mass is 237 g/mol. The Labute approximate surface area is 101 Å². The van der Waals surface area contributed by atoms with Crippen LogP contribution in [-0.2, 0) is 5.41 Å². The first-order valence-electron chi connectivity index (χ1n) is 5.95. The van der Waals surface area contributed by atoms with Gasteiger partial charge >= 0.3 is 5.91 Å². The average molecular weight is 237 g/mol. The van der Waals surface area contributed by atoms with Gasteiger partial charge in [0, 0.05) is 31.6 Å². The molecule has 1 aromatic heterocycles. The number of oxazole rings is 1. The zero-order valence-electron chi connectivity index (χ0n) is 10.6. The smallest absolute Gasteiger partial charge is 0.309 e. The van der Waals surface area contributed by atoms with E-state index in [4.69, 9.17) is 4.42 Å². The summed E-state index contributed by atoms with van der Waals surface area (Å²) < 4.78 is 5.54. The molecule has 0 aliphatic carbocycles. The molecule has 1 N–H and O–H groups in total. The summed E-state index contributed by atoms with van der Waals surface area (Å²) in [5, 5.41) is 3.21. The van der Waals surface area contributed by atoms with Gasteiger partial charge in [0.1, 0.15) is 5.76 Å². The first kappa shape index (κ1) is 12.1. The number of aromatic nitrogens is 1. The molecule has 0 saturated carbocycles. The van der Waals surface area contributed by atoms with Gasteiger partial charge in [-0.1, -0.05) is 20.8 Å². The molecule has 1 fully saturated rings. The number of piperazine rings is 1. The number of nitrogens with one attached hydrogen (secondary N) is 1. The molecule has 17 heavy (non-hydrogen) atoms. The zero-order chi connectivity index (χ0) is 12.5. The lowest BCUT2D eigenvalue weighted by Crippen LogP contribution is -2.46. The summed E-state index contributed by atoms with van der Waals surface area (Å²) >= 11 is 0. The SMILES string of the molecule is CC(C)(C)c1cnc(C(=O)N2CCNCC2)o1. The molecule has 0 atom stereocenters. The summed E-state index contributed by atoms with van der Waals surface area (Å²) in [5.74, 6) is 0.842. The van der Waals surface area contributed by atoms with Crippen LogP contribution in [0.15, 0.2) is 10.6 Å². The van der Waals surface area contributed by atoms with E-state index in [2.05, 4.69) is 10.3 Å². The number of hydrogen-bond donors (Lipinski definition) is 1. The summed E-state index contributed by atoms with van der Waals surface area (Å²) in [7, 11) is 0. The lowest BCUT2D eigenvalue weighted by Gasteiger charge is -2.26. The van der Waals surface area contributed by atoms with Crippen LogP contribution >= 0.6 is 0 Å². The van der Waals surface area contributed by atoms with Crippen LogP contribution < -0.4 is 5.32 Å². The molecule has 0 radical (unpaired) electrons. The maximum Gasteiger partial charge on any atom is 0.309 e. The summed E-state index contributed by atoms with van der Waals surface area (Å²) in [6.45, 7) is 9.20. The summed E-state index contributed by atoms with van der Waals surface area (Å²) in [4.78, 5) is 17.9. The van der Waals surface area contributed by atoms with Gasteiger partial charge < -0.3 is 14.6 Å². The van der Waals surface area contributed by atoms with Crippen LogP contribution in [0, 0.1) is 0 Å². The highest BCUT2D eigenvalue weighted by Gasteiger charge is 2.25. The second-order valence-electron chi connectivity index (χ2n) is 5.32. The lowest BCUT2D eigenvalue weighted by molar-refractivity contribution is 0.0692. The van der Waals surface area contributed by atoms with Crippen molar-refractivity contribution in [3.8, 4) is 0 Å². The third-order valence-electron chi connectivity index (χ3n) is 2.83. The first-order chi connectivity index (χ1) is 7.98. The lowest BCUT2D eigenvalue weighted by atomic mass is 9.94. The van der Waals surface area contributed by atoms with E-state index in [-0.39, 0.29) is 17.2 Å². The minimum Gasteiger partial charge on any atom is -0.437 e. The molecule has 0 aromatic carbocycles. The number of amides is 1. The molecule has 0 bridgehead atoms. The van der Waals surface area contributed by atoms with E-state index in [1.54, 1.807) is 11.1 Å². The van der Waals surface area contributed by atoms with Crippen molar-refractivity contribution in [3.63, 3.8) is 0 Å². The Morgan fingerprint density at radius 2 is 2.06 bits per heavy atom. The highest BCUT2D eigenvalue weighted by Crippen LogP contribution is 2.23. The minimum atomic E-state index is -0.116. The number of hydrogen-bond acceptors (Lipinski definition) is 4. The Balaban J connectivity index is 2.11. The van der Waals surface area contributed by atoms with Crippen LogP contribution in [0.2, 0.25) is 0 Å². The minimum absolute atomic E-state index is 0.109. The molecule has 1 saturated heterocycles. The van der Waals surface area contributed by atoms with E-state index in [9.17, 15) is 4.79 Å². The van der Waals surface area contributed by atoms with Crippen LogP contribution in [0.25, 0.3) is 0 Å². The molecule has 1 aromatic rings. The standard InChI is InChI=1S/C12H19N3O2/c1-12(2,3)9-8-14-10(17-9)11(16)15-6-4-13-5-7-15/h8,13H,4-7H2,1-3H3. The van der Waals surface area contributed by atoms with Crippen LogP contribution in [0.1, 0.15) is 37.2 Å². The van der Waals surface area contributed by atoms with Gasteiger partial charge in [0.25, 0.3) is 5.89 Å². The van der Waals surface area contributed by atoms with E-state index in [1.807, 2.05) is 20.8 Å². The van der Waals surface area contributed by atoms with Crippen molar-refractivity contribution in [2.24, 2.45) is 0 Å². The van der Waals surface area contributed by atoms with Gasteiger partial charge in [-0.3, -0.25) is 4.79 Å². The molecular weight excluding hydrogens is 218 g/mol. The highest BCUT2D eigenvalue weighted by molar-refractivity contribution is 5.89. The van der Waals surface area contributed by atoms with Gasteiger partial charge in [0.15, 0.2) is 0 Å². The predicted octanol–water partition coefficient (Wildman–Crippen LogP) is 1.02. The molecule has 5 heteroatoms. The molecule has 0 unspecified atom stereocenters. The fourth-order valence-electron chi connectivity index (χ4n) is 1.72. The van der Waals surface area contributed by atoms with Crippen LogP contribution in [0.3, 0.4) is 0 Å². The van der Waals surface area contributed by atoms with Gasteiger partial charge in [0.05, 0.1) is 6.20 Å². The van der Waals surface area contributed by atoms with Crippen molar-refractivity contribution in [1.82, 2.24) is 15.2 Å². The number of carbonyl (C=O) groups excluding carboxylic acids is 1. The van der Waals surface area contributed by atoms with Crippen molar-refractivity contribution in [1.29, 1.82) is 0 Å². The molecule has 5 nitrogen and oxygen atoms in total. The summed E-state index contributed by atoms with van der Waals surface area (Å²) in [5.41, 5.74) is -0.116. The molecule has 2 rings (SSSR count). The van der Waals surface area contributed by atoms with Gasteiger partial charge in [-0.15, -0.1) is 0 Å². The maximum absolute atomic E-state index is 12.1. The zero-order valence-corrected chi connectivity index (χ0v) is 10.6. The van der Waals surface area contributed by atoms with E-state index < -0.39 is 0 Å². The second kappa shape index (κ2) is 4.49. The topological polar surface area (TPSA) is 58.4 Å². The van der Waals surface area contributed by atoms with Gasteiger partial charge in [-0.05, 0) is 0 Å². The summed E-state index contributed by atoms with van der Waals surface area (Å²) in [6.07, 6.45) is 1.65. The van der Waals surface area contributed by atoms with E-state index >= 15 is 0 Å². The Hall–Kier alpha value is -1.36. The predicted molar refractivity (Wildman–Crippen MR) is 64.0 cm³/mol. The Morgan fingerprint density at radius 3 is 2.59 bits per heavy atom. The molecule has 1 aliphatic heterocycles. The van der Waals surface area contributed by atoms with E-state index in [0.29, 0.717) is 13.1 Å². The molecule has 94 valence electrons. The van der Waals surface area contributed by atoms with Gasteiger partial charge in [-0.25, -0.2) is 4.98 Å². The molecular formula is C12H19N3O2. The van der Waals surface area contributed by atoms with Crippen LogP contribution in [0.5, 0.6) is 0 Å². The van der Waals surface area contributed by atoms with Crippen LogP contribution in [-0.4, -0.2) is 42.0 Å². The Kier molecular flexibility index (Phi) is 3.19. The fourth-order valence-corrected chi connectivity index (χ4v) is 1.72. The maximum atomic E-state index is 12.1. The summed E-state index contributed by atoms with van der Waals surface area (Å²) in [6, 6.07) is 0. The quantitative estimate of drug-likeness (QED) is 0.792. The molecule has 0 spiro atoms. The van der Waals surface area contributed by atoms with Crippen LogP contribution in [0.4, 0.5) is 0 Å². The highest BCUT2D eigenvalue weighted by atomic mass is 16.4. The Bertz CT molecular complexity index is 400. The normalized spacial score (nSPS) is 17.2. The number of nitrogens with zero attached hydrogens (tertiary/aromatic N) is 2. The average Bonchev–Trinajstić information content (AvgIpc) is 2.78. The van der Waals surface area contributed by atoms with E-state index in [1.165, 1.54) is 0 Å². The van der Waals surface area contributed by atoms with E-state index in [0.717, 1.165) is 18.8 Å². The van der Waals surface area contributed by atoms with Gasteiger partial charge in [0.2, 0.25) is 0 Å². The first-order valence-corrected chi connectivity index (χ1v) is 5.95.